The zero-order valence-electron chi connectivity index (χ0n) is 10.1. The van der Waals surface area contributed by atoms with E-state index in [2.05, 4.69) is 10.6 Å². The molecular weight excluding hydrogens is 218 g/mol. The van der Waals surface area contributed by atoms with Gasteiger partial charge in [0, 0.05) is 32.4 Å². The summed E-state index contributed by atoms with van der Waals surface area (Å²) in [5.74, 6) is -0.0361. The van der Waals surface area contributed by atoms with E-state index in [-0.39, 0.29) is 12.0 Å². The van der Waals surface area contributed by atoms with Crippen LogP contribution in [0.5, 0.6) is 0 Å². The highest BCUT2D eigenvalue weighted by molar-refractivity contribution is 5.92. The van der Waals surface area contributed by atoms with Crippen LogP contribution in [0.25, 0.3) is 0 Å². The molecule has 0 spiro atoms. The Bertz CT molecular complexity index is 370. The number of nitrogens with one attached hydrogen (secondary N) is 2. The van der Waals surface area contributed by atoms with Crippen LogP contribution in [-0.4, -0.2) is 42.8 Å². The normalized spacial score (nSPS) is 20.2. The molecule has 1 aromatic heterocycles. The fraction of sp³-hybridized carbons (Fsp3) is 0.583. The molecule has 1 atom stereocenters. The highest BCUT2D eigenvalue weighted by Crippen LogP contribution is 2.02. The van der Waals surface area contributed by atoms with Gasteiger partial charge in [-0.05, 0) is 19.1 Å². The first-order valence-electron chi connectivity index (χ1n) is 6.07. The lowest BCUT2D eigenvalue weighted by atomic mass is 10.3. The van der Waals surface area contributed by atoms with Gasteiger partial charge in [0.05, 0.1) is 12.7 Å². The van der Waals surface area contributed by atoms with Gasteiger partial charge >= 0.3 is 0 Å². The standard InChI is InChI=1S/C12H19N3O2/c1-2-15-6-3-4-11(15)12(16)14-9-10-8-13-5-7-17-10/h3-4,6,10,13H,2,5,7-9H2,1H3,(H,14,16). The fourth-order valence-electron chi connectivity index (χ4n) is 1.94. The van der Waals surface area contributed by atoms with Crippen LogP contribution < -0.4 is 10.6 Å². The molecule has 1 aromatic rings. The summed E-state index contributed by atoms with van der Waals surface area (Å²) in [7, 11) is 0. The Kier molecular flexibility index (Phi) is 4.17. The van der Waals surface area contributed by atoms with Gasteiger partial charge in [0.2, 0.25) is 0 Å². The molecule has 1 fully saturated rings. The molecule has 1 unspecified atom stereocenters. The molecule has 0 bridgehead atoms. The Balaban J connectivity index is 1.84. The van der Waals surface area contributed by atoms with Crippen molar-refractivity contribution in [1.29, 1.82) is 0 Å². The van der Waals surface area contributed by atoms with Crippen molar-refractivity contribution in [3.8, 4) is 0 Å². The van der Waals surface area contributed by atoms with E-state index in [1.165, 1.54) is 0 Å². The summed E-state index contributed by atoms with van der Waals surface area (Å²) in [5, 5.41) is 6.14. The first-order valence-corrected chi connectivity index (χ1v) is 6.07. The minimum Gasteiger partial charge on any atom is -0.374 e. The minimum atomic E-state index is -0.0361. The highest BCUT2D eigenvalue weighted by atomic mass is 16.5. The molecule has 5 nitrogen and oxygen atoms in total. The lowest BCUT2D eigenvalue weighted by molar-refractivity contribution is 0.0286. The summed E-state index contributed by atoms with van der Waals surface area (Å²) in [6, 6.07) is 3.72. The third-order valence-electron chi connectivity index (χ3n) is 2.90. The van der Waals surface area contributed by atoms with Crippen molar-refractivity contribution in [2.75, 3.05) is 26.2 Å². The Labute approximate surface area is 101 Å². The summed E-state index contributed by atoms with van der Waals surface area (Å²) in [6.07, 6.45) is 1.99. The molecule has 1 aliphatic heterocycles. The average Bonchev–Trinajstić information content (AvgIpc) is 2.85. The number of hydrogen-bond donors (Lipinski definition) is 2. The van der Waals surface area contributed by atoms with E-state index in [9.17, 15) is 4.79 Å². The first-order chi connectivity index (χ1) is 8.31. The van der Waals surface area contributed by atoms with Crippen molar-refractivity contribution >= 4 is 5.91 Å². The molecule has 5 heteroatoms. The predicted molar refractivity (Wildman–Crippen MR) is 65.0 cm³/mol. The van der Waals surface area contributed by atoms with E-state index in [0.29, 0.717) is 18.8 Å². The quantitative estimate of drug-likeness (QED) is 0.788. The number of aryl methyl sites for hydroxylation is 1. The second-order valence-corrected chi connectivity index (χ2v) is 4.09. The van der Waals surface area contributed by atoms with Crippen molar-refractivity contribution in [3.63, 3.8) is 0 Å². The van der Waals surface area contributed by atoms with E-state index in [1.54, 1.807) is 0 Å². The third kappa shape index (κ3) is 3.08. The van der Waals surface area contributed by atoms with Crippen molar-refractivity contribution in [3.05, 3.63) is 24.0 Å². The summed E-state index contributed by atoms with van der Waals surface area (Å²) in [6.45, 7) is 5.78. The van der Waals surface area contributed by atoms with Gasteiger partial charge in [0.1, 0.15) is 5.69 Å². The largest absolute Gasteiger partial charge is 0.374 e. The molecule has 1 saturated heterocycles. The molecule has 0 aliphatic carbocycles. The van der Waals surface area contributed by atoms with Gasteiger partial charge in [-0.1, -0.05) is 0 Å². The van der Waals surface area contributed by atoms with E-state index >= 15 is 0 Å². The molecule has 1 amide bonds. The first kappa shape index (κ1) is 12.1. The van der Waals surface area contributed by atoms with Gasteiger partial charge in [-0.3, -0.25) is 4.79 Å². The molecule has 0 radical (unpaired) electrons. The van der Waals surface area contributed by atoms with Gasteiger partial charge in [0.25, 0.3) is 5.91 Å². The molecule has 2 N–H and O–H groups in total. The zero-order valence-corrected chi connectivity index (χ0v) is 10.1. The summed E-state index contributed by atoms with van der Waals surface area (Å²) in [4.78, 5) is 11.9. The molecule has 2 rings (SSSR count). The second kappa shape index (κ2) is 5.84. The number of carbonyl (C=O) groups excluding carboxylic acids is 1. The van der Waals surface area contributed by atoms with E-state index in [1.807, 2.05) is 29.8 Å². The van der Waals surface area contributed by atoms with Crippen LogP contribution in [0.2, 0.25) is 0 Å². The smallest absolute Gasteiger partial charge is 0.267 e. The van der Waals surface area contributed by atoms with Crippen molar-refractivity contribution in [2.45, 2.75) is 19.6 Å². The third-order valence-corrected chi connectivity index (χ3v) is 2.90. The Morgan fingerprint density at radius 3 is 3.29 bits per heavy atom. The fourth-order valence-corrected chi connectivity index (χ4v) is 1.94. The monoisotopic (exact) mass is 237 g/mol. The van der Waals surface area contributed by atoms with Crippen molar-refractivity contribution in [1.82, 2.24) is 15.2 Å². The summed E-state index contributed by atoms with van der Waals surface area (Å²) < 4.78 is 7.44. The van der Waals surface area contributed by atoms with E-state index < -0.39 is 0 Å². The van der Waals surface area contributed by atoms with Crippen LogP contribution in [0.15, 0.2) is 18.3 Å². The van der Waals surface area contributed by atoms with Gasteiger partial charge in [-0.2, -0.15) is 0 Å². The van der Waals surface area contributed by atoms with Crippen LogP contribution in [0, 0.1) is 0 Å². The Morgan fingerprint density at radius 1 is 1.71 bits per heavy atom. The number of hydrogen-bond acceptors (Lipinski definition) is 3. The Morgan fingerprint density at radius 2 is 2.59 bits per heavy atom. The Hall–Kier alpha value is -1.33. The second-order valence-electron chi connectivity index (χ2n) is 4.09. The van der Waals surface area contributed by atoms with E-state index in [4.69, 9.17) is 4.74 Å². The number of ether oxygens (including phenoxy) is 1. The van der Waals surface area contributed by atoms with Crippen LogP contribution >= 0.6 is 0 Å². The number of nitrogens with zero attached hydrogens (tertiary/aromatic N) is 1. The maximum Gasteiger partial charge on any atom is 0.267 e. The van der Waals surface area contributed by atoms with Gasteiger partial charge in [0.15, 0.2) is 0 Å². The van der Waals surface area contributed by atoms with Crippen molar-refractivity contribution < 1.29 is 9.53 Å². The maximum atomic E-state index is 11.9. The molecule has 2 heterocycles. The van der Waals surface area contributed by atoms with Crippen LogP contribution in [0.1, 0.15) is 17.4 Å². The van der Waals surface area contributed by atoms with Gasteiger partial charge in [-0.25, -0.2) is 0 Å². The lowest BCUT2D eigenvalue weighted by Crippen LogP contribution is -2.45. The van der Waals surface area contributed by atoms with E-state index in [0.717, 1.165) is 19.6 Å². The molecule has 0 aromatic carbocycles. The topological polar surface area (TPSA) is 55.3 Å². The number of rotatable bonds is 4. The maximum absolute atomic E-state index is 11.9. The number of amides is 1. The molecule has 94 valence electrons. The van der Waals surface area contributed by atoms with Crippen LogP contribution in [-0.2, 0) is 11.3 Å². The lowest BCUT2D eigenvalue weighted by Gasteiger charge is -2.23. The molecule has 1 aliphatic rings. The summed E-state index contributed by atoms with van der Waals surface area (Å²) in [5.41, 5.74) is 0.705. The van der Waals surface area contributed by atoms with Gasteiger partial charge < -0.3 is 19.9 Å². The predicted octanol–water partition coefficient (Wildman–Crippen LogP) is 0.226. The molecular formula is C12H19N3O2. The van der Waals surface area contributed by atoms with Crippen LogP contribution in [0.4, 0.5) is 0 Å². The average molecular weight is 237 g/mol. The highest BCUT2D eigenvalue weighted by Gasteiger charge is 2.15. The van der Waals surface area contributed by atoms with Gasteiger partial charge in [-0.15, -0.1) is 0 Å². The SMILES string of the molecule is CCn1cccc1C(=O)NCC1CNCCO1. The van der Waals surface area contributed by atoms with Crippen molar-refractivity contribution in [2.24, 2.45) is 0 Å². The van der Waals surface area contributed by atoms with Crippen LogP contribution in [0.3, 0.4) is 0 Å². The number of carbonyl (C=O) groups is 1. The summed E-state index contributed by atoms with van der Waals surface area (Å²) >= 11 is 0. The minimum absolute atomic E-state index is 0.0361. The molecule has 0 saturated carbocycles. The molecule has 17 heavy (non-hydrogen) atoms. The zero-order chi connectivity index (χ0) is 12.1. The number of morpholine rings is 1. The number of aromatic nitrogens is 1.